The Kier molecular flexibility index (Phi) is 5.40. The molecule has 0 fully saturated rings. The van der Waals surface area contributed by atoms with Crippen LogP contribution in [0.25, 0.3) is 10.1 Å². The van der Waals surface area contributed by atoms with Crippen molar-refractivity contribution in [3.63, 3.8) is 0 Å². The second kappa shape index (κ2) is 7.90. The van der Waals surface area contributed by atoms with Gasteiger partial charge in [-0.2, -0.15) is 0 Å². The van der Waals surface area contributed by atoms with E-state index in [9.17, 15) is 9.59 Å². The topological polar surface area (TPSA) is 68.3 Å². The summed E-state index contributed by atoms with van der Waals surface area (Å²) in [5.41, 5.74) is 0.846. The third-order valence-electron chi connectivity index (χ3n) is 3.68. The zero-order chi connectivity index (χ0) is 17.6. The Morgan fingerprint density at radius 1 is 1.20 bits per heavy atom. The van der Waals surface area contributed by atoms with Gasteiger partial charge in [0.25, 0.3) is 5.91 Å². The number of benzene rings is 1. The monoisotopic (exact) mass is 354 g/mol. The zero-order valence-electron chi connectivity index (χ0n) is 13.8. The minimum Gasteiger partial charge on any atom is -0.462 e. The molecule has 3 aromatic rings. The number of carbonyl (C=O) groups is 2. The molecular formula is C19H18N2O3S. The van der Waals surface area contributed by atoms with Gasteiger partial charge in [0, 0.05) is 22.5 Å². The Bertz CT molecular complexity index is 890. The minimum absolute atomic E-state index is 0.303. The van der Waals surface area contributed by atoms with Gasteiger partial charge in [-0.3, -0.25) is 9.78 Å². The van der Waals surface area contributed by atoms with Gasteiger partial charge < -0.3 is 10.1 Å². The second-order valence-corrected chi connectivity index (χ2v) is 6.54. The van der Waals surface area contributed by atoms with Crippen LogP contribution in [0, 0.1) is 0 Å². The van der Waals surface area contributed by atoms with E-state index in [1.807, 2.05) is 31.2 Å². The highest BCUT2D eigenvalue weighted by atomic mass is 32.1. The number of rotatable bonds is 6. The number of anilines is 1. The van der Waals surface area contributed by atoms with E-state index in [0.29, 0.717) is 22.7 Å². The molecule has 0 aliphatic heterocycles. The van der Waals surface area contributed by atoms with Crippen LogP contribution in [-0.4, -0.2) is 23.5 Å². The van der Waals surface area contributed by atoms with Crippen molar-refractivity contribution in [3.05, 3.63) is 59.9 Å². The van der Waals surface area contributed by atoms with E-state index in [4.69, 9.17) is 4.74 Å². The molecule has 0 unspecified atom stereocenters. The van der Waals surface area contributed by atoms with E-state index in [-0.39, 0.29) is 5.91 Å². The van der Waals surface area contributed by atoms with Crippen molar-refractivity contribution in [1.29, 1.82) is 0 Å². The summed E-state index contributed by atoms with van der Waals surface area (Å²) in [5, 5.41) is 4.11. The number of unbranched alkanes of at least 4 members (excludes halogenated alkanes) is 1. The van der Waals surface area contributed by atoms with Crippen molar-refractivity contribution in [2.45, 2.75) is 19.8 Å². The summed E-state index contributed by atoms with van der Waals surface area (Å²) >= 11 is 1.36. The summed E-state index contributed by atoms with van der Waals surface area (Å²) in [6, 6.07) is 10.9. The Labute approximate surface area is 149 Å². The van der Waals surface area contributed by atoms with Gasteiger partial charge in [0.05, 0.1) is 12.2 Å². The lowest BCUT2D eigenvalue weighted by Gasteiger charge is -2.07. The number of thiophene rings is 1. The zero-order valence-corrected chi connectivity index (χ0v) is 14.6. The summed E-state index contributed by atoms with van der Waals surface area (Å²) in [5.74, 6) is -0.713. The number of nitrogens with one attached hydrogen (secondary N) is 1. The fourth-order valence-corrected chi connectivity index (χ4v) is 3.48. The van der Waals surface area contributed by atoms with Crippen LogP contribution in [0.1, 0.15) is 40.5 Å². The van der Waals surface area contributed by atoms with Crippen molar-refractivity contribution in [2.75, 3.05) is 11.9 Å². The predicted molar refractivity (Wildman–Crippen MR) is 99.2 cm³/mol. The molecule has 25 heavy (non-hydrogen) atoms. The summed E-state index contributed by atoms with van der Waals surface area (Å²) in [6.07, 6.45) is 4.85. The fourth-order valence-electron chi connectivity index (χ4n) is 2.39. The maximum absolute atomic E-state index is 12.6. The first-order valence-electron chi connectivity index (χ1n) is 8.10. The normalized spacial score (nSPS) is 10.6. The van der Waals surface area contributed by atoms with Gasteiger partial charge in [-0.25, -0.2) is 4.79 Å². The second-order valence-electron chi connectivity index (χ2n) is 5.49. The van der Waals surface area contributed by atoms with Gasteiger partial charge in [0.1, 0.15) is 10.6 Å². The highest BCUT2D eigenvalue weighted by Gasteiger charge is 2.22. The summed E-state index contributed by atoms with van der Waals surface area (Å²) in [4.78, 5) is 28.9. The van der Waals surface area contributed by atoms with Crippen molar-refractivity contribution in [1.82, 2.24) is 4.98 Å². The number of esters is 1. The van der Waals surface area contributed by atoms with Gasteiger partial charge in [-0.15, -0.1) is 11.3 Å². The molecule has 0 aliphatic rings. The Hall–Kier alpha value is -2.73. The lowest BCUT2D eigenvalue weighted by molar-refractivity contribution is 0.0503. The van der Waals surface area contributed by atoms with E-state index < -0.39 is 5.97 Å². The van der Waals surface area contributed by atoms with Gasteiger partial charge in [0.2, 0.25) is 0 Å². The first-order chi connectivity index (χ1) is 12.2. The third kappa shape index (κ3) is 3.85. The number of pyridine rings is 1. The van der Waals surface area contributed by atoms with Crippen LogP contribution >= 0.6 is 11.3 Å². The van der Waals surface area contributed by atoms with Gasteiger partial charge in [0.15, 0.2) is 0 Å². The molecule has 1 N–H and O–H groups in total. The van der Waals surface area contributed by atoms with Crippen LogP contribution < -0.4 is 5.32 Å². The van der Waals surface area contributed by atoms with Crippen molar-refractivity contribution in [2.24, 2.45) is 0 Å². The maximum atomic E-state index is 12.6. The summed E-state index contributed by atoms with van der Waals surface area (Å²) in [7, 11) is 0. The smallest absolute Gasteiger partial charge is 0.341 e. The molecule has 2 aromatic heterocycles. The highest BCUT2D eigenvalue weighted by molar-refractivity contribution is 7.23. The predicted octanol–water partition coefficient (Wildman–Crippen LogP) is 4.51. The van der Waals surface area contributed by atoms with E-state index in [1.54, 1.807) is 18.3 Å². The van der Waals surface area contributed by atoms with Gasteiger partial charge in [-0.1, -0.05) is 31.5 Å². The molecule has 128 valence electrons. The fraction of sp³-hybridized carbons (Fsp3) is 0.211. The molecule has 0 radical (unpaired) electrons. The molecule has 0 atom stereocenters. The Balaban J connectivity index is 1.92. The molecule has 0 saturated carbocycles. The van der Waals surface area contributed by atoms with Crippen LogP contribution in [0.4, 0.5) is 5.00 Å². The molecule has 1 amide bonds. The first-order valence-corrected chi connectivity index (χ1v) is 8.92. The molecule has 1 aromatic carbocycles. The van der Waals surface area contributed by atoms with Gasteiger partial charge in [-0.05, 0) is 24.6 Å². The third-order valence-corrected chi connectivity index (χ3v) is 4.77. The Morgan fingerprint density at radius 2 is 2.04 bits per heavy atom. The molecule has 0 spiro atoms. The number of ether oxygens (including phenoxy) is 1. The van der Waals surface area contributed by atoms with Crippen LogP contribution in [0.3, 0.4) is 0 Å². The molecule has 2 heterocycles. The summed E-state index contributed by atoms with van der Waals surface area (Å²) < 4.78 is 6.29. The first kappa shape index (κ1) is 17.1. The molecule has 3 rings (SSSR count). The minimum atomic E-state index is -0.410. The SMILES string of the molecule is CCCCOC(=O)c1c(NC(=O)c2cccnc2)sc2ccccc12. The number of nitrogens with zero attached hydrogens (tertiary/aromatic N) is 1. The molecule has 0 bridgehead atoms. The van der Waals surface area contributed by atoms with Crippen molar-refractivity contribution in [3.8, 4) is 0 Å². The van der Waals surface area contributed by atoms with Crippen LogP contribution in [0.5, 0.6) is 0 Å². The average Bonchev–Trinajstić information content (AvgIpc) is 3.00. The average molecular weight is 354 g/mol. The van der Waals surface area contributed by atoms with Gasteiger partial charge >= 0.3 is 5.97 Å². The largest absolute Gasteiger partial charge is 0.462 e. The number of carbonyl (C=O) groups excluding carboxylic acids is 2. The van der Waals surface area contributed by atoms with Crippen LogP contribution in [0.2, 0.25) is 0 Å². The van der Waals surface area contributed by atoms with E-state index in [1.165, 1.54) is 17.5 Å². The van der Waals surface area contributed by atoms with Crippen LogP contribution in [-0.2, 0) is 4.74 Å². The standard InChI is InChI=1S/C19H18N2O3S/c1-2-3-11-24-19(23)16-14-8-4-5-9-15(14)25-18(16)21-17(22)13-7-6-10-20-12-13/h4-10,12H,2-3,11H2,1H3,(H,21,22). The number of hydrogen-bond donors (Lipinski definition) is 1. The van der Waals surface area contributed by atoms with Crippen molar-refractivity contribution >= 4 is 38.3 Å². The summed E-state index contributed by atoms with van der Waals surface area (Å²) in [6.45, 7) is 2.41. The number of aromatic nitrogens is 1. The molecule has 6 heteroatoms. The Morgan fingerprint density at radius 3 is 2.80 bits per heavy atom. The molecule has 5 nitrogen and oxygen atoms in total. The van der Waals surface area contributed by atoms with E-state index >= 15 is 0 Å². The lowest BCUT2D eigenvalue weighted by atomic mass is 10.1. The van der Waals surface area contributed by atoms with E-state index in [0.717, 1.165) is 22.9 Å². The highest BCUT2D eigenvalue weighted by Crippen LogP contribution is 2.36. The number of hydrogen-bond acceptors (Lipinski definition) is 5. The molecular weight excluding hydrogens is 336 g/mol. The number of amides is 1. The van der Waals surface area contributed by atoms with Crippen LogP contribution in [0.15, 0.2) is 48.8 Å². The molecule has 0 saturated heterocycles. The maximum Gasteiger partial charge on any atom is 0.341 e. The van der Waals surface area contributed by atoms with Crippen molar-refractivity contribution < 1.29 is 14.3 Å². The lowest BCUT2D eigenvalue weighted by Crippen LogP contribution is -2.14. The quantitative estimate of drug-likeness (QED) is 0.522. The molecule has 0 aliphatic carbocycles. The number of fused-ring (bicyclic) bond motifs is 1. The van der Waals surface area contributed by atoms with E-state index in [2.05, 4.69) is 10.3 Å².